The van der Waals surface area contributed by atoms with Gasteiger partial charge in [0.15, 0.2) is 0 Å². The van der Waals surface area contributed by atoms with Gasteiger partial charge < -0.3 is 15.7 Å². The van der Waals surface area contributed by atoms with Crippen LogP contribution in [-0.4, -0.2) is 36.1 Å². The third-order valence-electron chi connectivity index (χ3n) is 5.44. The highest BCUT2D eigenvalue weighted by Crippen LogP contribution is 2.42. The Morgan fingerprint density at radius 1 is 1.21 bits per heavy atom. The monoisotopic (exact) mass is 412 g/mol. The van der Waals surface area contributed by atoms with E-state index >= 15 is 0 Å². The fourth-order valence-electron chi connectivity index (χ4n) is 3.74. The van der Waals surface area contributed by atoms with Crippen LogP contribution >= 0.6 is 11.8 Å². The van der Waals surface area contributed by atoms with Crippen molar-refractivity contribution in [3.63, 3.8) is 0 Å². The Balaban J connectivity index is 0.00000145. The Labute approximate surface area is 178 Å². The van der Waals surface area contributed by atoms with E-state index in [1.54, 1.807) is 0 Å². The molecule has 1 fully saturated rings. The Morgan fingerprint density at radius 2 is 1.83 bits per heavy atom. The maximum Gasteiger partial charge on any atom is 0.223 e. The molecular formula is C24H32N2O2S. The van der Waals surface area contributed by atoms with Gasteiger partial charge in [-0.25, -0.2) is 0 Å². The van der Waals surface area contributed by atoms with Crippen LogP contribution in [0.1, 0.15) is 49.0 Å². The van der Waals surface area contributed by atoms with Gasteiger partial charge in [0.05, 0.1) is 0 Å². The molecule has 1 heterocycles. The van der Waals surface area contributed by atoms with Crippen molar-refractivity contribution in [3.05, 3.63) is 76.7 Å². The zero-order valence-corrected chi connectivity index (χ0v) is 18.5. The van der Waals surface area contributed by atoms with Gasteiger partial charge in [-0.1, -0.05) is 48.5 Å². The largest absolute Gasteiger partial charge is 0.400 e. The fourth-order valence-corrected chi connectivity index (χ4v) is 4.90. The van der Waals surface area contributed by atoms with E-state index in [1.165, 1.54) is 16.0 Å². The molecule has 2 aromatic carbocycles. The van der Waals surface area contributed by atoms with E-state index in [0.29, 0.717) is 11.7 Å². The minimum Gasteiger partial charge on any atom is -0.400 e. The van der Waals surface area contributed by atoms with Crippen molar-refractivity contribution >= 4 is 23.4 Å². The van der Waals surface area contributed by atoms with Gasteiger partial charge in [-0.15, -0.1) is 11.8 Å². The van der Waals surface area contributed by atoms with Gasteiger partial charge >= 0.3 is 0 Å². The molecule has 3 N–H and O–H groups in total. The minimum absolute atomic E-state index is 0.183. The smallest absolute Gasteiger partial charge is 0.223 e. The normalized spacial score (nSPS) is 20.2. The number of allylic oxidation sites excluding steroid dienone is 1. The maximum atomic E-state index is 12.4. The van der Waals surface area contributed by atoms with Crippen LogP contribution in [0.2, 0.25) is 0 Å². The summed E-state index contributed by atoms with van der Waals surface area (Å²) in [7, 11) is 2.93. The molecule has 0 aliphatic carbocycles. The third-order valence-corrected chi connectivity index (χ3v) is 6.77. The number of rotatable bonds is 6. The number of amides is 1. The van der Waals surface area contributed by atoms with Crippen molar-refractivity contribution in [2.24, 2.45) is 0 Å². The van der Waals surface area contributed by atoms with E-state index in [2.05, 4.69) is 56.3 Å². The second-order valence-electron chi connectivity index (χ2n) is 7.18. The molecule has 1 saturated heterocycles. The lowest BCUT2D eigenvalue weighted by Gasteiger charge is -2.27. The number of aliphatic hydroxyl groups excluding tert-OH is 1. The first-order chi connectivity index (χ1) is 14.0. The predicted molar refractivity (Wildman–Crippen MR) is 124 cm³/mol. The molecule has 156 valence electrons. The molecule has 29 heavy (non-hydrogen) atoms. The highest BCUT2D eigenvalue weighted by atomic mass is 32.2. The molecule has 3 atom stereocenters. The number of carbonyl (C=O) groups excluding carboxylic acids is 1. The van der Waals surface area contributed by atoms with Gasteiger partial charge in [-0.05, 0) is 48.4 Å². The molecule has 0 saturated carbocycles. The van der Waals surface area contributed by atoms with Crippen molar-refractivity contribution in [2.45, 2.75) is 43.9 Å². The number of anilines is 1. The van der Waals surface area contributed by atoms with Gasteiger partial charge in [0.1, 0.15) is 0 Å². The van der Waals surface area contributed by atoms with Crippen LogP contribution in [-0.2, 0) is 4.79 Å². The zero-order chi connectivity index (χ0) is 21.4. The summed E-state index contributed by atoms with van der Waals surface area (Å²) in [6.07, 6.45) is 3.65. The summed E-state index contributed by atoms with van der Waals surface area (Å²) in [6, 6.07) is 18.7. The van der Waals surface area contributed by atoms with Crippen LogP contribution in [0.15, 0.2) is 65.6 Å². The molecule has 3 rings (SSSR count). The number of likely N-dealkylation sites (N-methyl/N-ethyl adjacent to an activating group) is 1. The van der Waals surface area contributed by atoms with E-state index in [1.807, 2.05) is 41.9 Å². The lowest BCUT2D eigenvalue weighted by Crippen LogP contribution is -2.31. The summed E-state index contributed by atoms with van der Waals surface area (Å²) in [6.45, 7) is 4.33. The molecule has 0 radical (unpaired) electrons. The topological polar surface area (TPSA) is 66.6 Å². The first kappa shape index (κ1) is 23.0. The maximum absolute atomic E-state index is 12.4. The van der Waals surface area contributed by atoms with Crippen molar-refractivity contribution < 1.29 is 9.90 Å². The molecular weight excluding hydrogens is 380 g/mol. The highest BCUT2D eigenvalue weighted by Gasteiger charge is 2.38. The summed E-state index contributed by atoms with van der Waals surface area (Å²) in [5.41, 5.74) is 9.12. The average molecular weight is 413 g/mol. The minimum atomic E-state index is 0.183. The van der Waals surface area contributed by atoms with Crippen LogP contribution in [0.25, 0.3) is 0 Å². The van der Waals surface area contributed by atoms with Gasteiger partial charge in [0.25, 0.3) is 0 Å². The van der Waals surface area contributed by atoms with Crippen molar-refractivity contribution in [1.29, 1.82) is 0 Å². The van der Waals surface area contributed by atoms with E-state index in [4.69, 9.17) is 10.8 Å². The molecule has 1 amide bonds. The van der Waals surface area contributed by atoms with Gasteiger partial charge in [-0.3, -0.25) is 4.79 Å². The number of likely N-dealkylation sites (tertiary alicyclic amines) is 1. The summed E-state index contributed by atoms with van der Waals surface area (Å²) in [4.78, 5) is 15.7. The molecule has 1 aliphatic rings. The van der Waals surface area contributed by atoms with E-state index in [-0.39, 0.29) is 17.9 Å². The van der Waals surface area contributed by atoms with Crippen LogP contribution in [0.3, 0.4) is 0 Å². The zero-order valence-electron chi connectivity index (χ0n) is 17.7. The number of nitrogens with zero attached hydrogens (tertiary/aromatic N) is 1. The Hall–Kier alpha value is -2.24. The third kappa shape index (κ3) is 5.87. The van der Waals surface area contributed by atoms with Crippen molar-refractivity contribution in [2.75, 3.05) is 19.9 Å². The number of aliphatic hydroxyl groups is 1. The second-order valence-corrected chi connectivity index (χ2v) is 8.65. The van der Waals surface area contributed by atoms with Crippen molar-refractivity contribution in [3.8, 4) is 0 Å². The van der Waals surface area contributed by atoms with Gasteiger partial charge in [0, 0.05) is 43.5 Å². The summed E-state index contributed by atoms with van der Waals surface area (Å²) in [5, 5.41) is 7.38. The summed E-state index contributed by atoms with van der Waals surface area (Å²) < 4.78 is 0. The Kier molecular flexibility index (Phi) is 8.80. The fraction of sp³-hybridized carbons (Fsp3) is 0.375. The Bertz CT molecular complexity index is 805. The van der Waals surface area contributed by atoms with Gasteiger partial charge in [0.2, 0.25) is 5.91 Å². The number of carbonyl (C=O) groups is 1. The SMILES string of the molecule is C/C=C(/CC1C(c2ccc(N)cc2)CC(=O)N1C)SC(C)c1ccccc1.CO. The number of benzene rings is 2. The van der Waals surface area contributed by atoms with Crippen LogP contribution in [0.4, 0.5) is 5.69 Å². The van der Waals surface area contributed by atoms with E-state index in [9.17, 15) is 4.79 Å². The predicted octanol–water partition coefficient (Wildman–Crippen LogP) is 4.98. The highest BCUT2D eigenvalue weighted by molar-refractivity contribution is 8.03. The second kappa shape index (κ2) is 11.1. The number of nitrogens with two attached hydrogens (primary N) is 1. The Morgan fingerprint density at radius 3 is 2.41 bits per heavy atom. The number of hydrogen-bond acceptors (Lipinski definition) is 4. The molecule has 5 heteroatoms. The van der Waals surface area contributed by atoms with Crippen LogP contribution in [0, 0.1) is 0 Å². The first-order valence-corrected chi connectivity index (χ1v) is 10.8. The standard InChI is InChI=1S/C23H28N2OS.CH4O/c1-4-20(27-16(2)17-8-6-5-7-9-17)14-22-21(15-23(26)25(22)3)18-10-12-19(24)13-11-18;1-2/h4-13,16,21-22H,14-15,24H2,1-3H3;2H,1H3/b20-4-;. The average Bonchev–Trinajstić information content (AvgIpc) is 3.04. The van der Waals surface area contributed by atoms with E-state index in [0.717, 1.165) is 19.2 Å². The number of hydrogen-bond donors (Lipinski definition) is 2. The lowest BCUT2D eigenvalue weighted by atomic mass is 9.89. The molecule has 4 nitrogen and oxygen atoms in total. The molecule has 1 aliphatic heterocycles. The van der Waals surface area contributed by atoms with Gasteiger partial charge in [-0.2, -0.15) is 0 Å². The summed E-state index contributed by atoms with van der Waals surface area (Å²) >= 11 is 1.89. The van der Waals surface area contributed by atoms with E-state index < -0.39 is 0 Å². The van der Waals surface area contributed by atoms with Crippen LogP contribution in [0.5, 0.6) is 0 Å². The quantitative estimate of drug-likeness (QED) is 0.657. The molecule has 0 spiro atoms. The lowest BCUT2D eigenvalue weighted by molar-refractivity contribution is -0.127. The molecule has 2 aromatic rings. The molecule has 3 unspecified atom stereocenters. The van der Waals surface area contributed by atoms with Crippen molar-refractivity contribution in [1.82, 2.24) is 4.90 Å². The first-order valence-electron chi connectivity index (χ1n) is 9.92. The summed E-state index contributed by atoms with van der Waals surface area (Å²) in [5.74, 6) is 0.434. The number of thioether (sulfide) groups is 1. The van der Waals surface area contributed by atoms with Crippen LogP contribution < -0.4 is 5.73 Å². The number of nitrogen functional groups attached to an aromatic ring is 1. The molecule has 0 bridgehead atoms. The molecule has 0 aromatic heterocycles.